The van der Waals surface area contributed by atoms with Crippen molar-refractivity contribution in [2.75, 3.05) is 18.5 Å². The zero-order valence-corrected chi connectivity index (χ0v) is 18.8. The third-order valence-corrected chi connectivity index (χ3v) is 5.50. The number of aliphatic hydroxyl groups is 2. The van der Waals surface area contributed by atoms with Crippen LogP contribution in [0.15, 0.2) is 49.4 Å². The molecule has 11 nitrogen and oxygen atoms in total. The fourth-order valence-electron chi connectivity index (χ4n) is 3.50. The van der Waals surface area contributed by atoms with Gasteiger partial charge in [-0.1, -0.05) is 0 Å². The van der Waals surface area contributed by atoms with Gasteiger partial charge in [-0.2, -0.15) is 18.3 Å². The lowest BCUT2D eigenvalue weighted by Gasteiger charge is -2.27. The van der Waals surface area contributed by atoms with E-state index in [1.165, 1.54) is 41.7 Å². The highest BCUT2D eigenvalue weighted by Gasteiger charge is 2.33. The number of hydrogen-bond acceptors (Lipinski definition) is 8. The lowest BCUT2D eigenvalue weighted by Crippen LogP contribution is -2.37. The lowest BCUT2D eigenvalue weighted by atomic mass is 10.0. The summed E-state index contributed by atoms with van der Waals surface area (Å²) in [4.78, 5) is 37.8. The van der Waals surface area contributed by atoms with Gasteiger partial charge >= 0.3 is 6.18 Å². The van der Waals surface area contributed by atoms with Gasteiger partial charge in [-0.25, -0.2) is 9.97 Å². The summed E-state index contributed by atoms with van der Waals surface area (Å²) >= 11 is 0. The molecule has 0 aliphatic heterocycles. The average Bonchev–Trinajstić information content (AvgIpc) is 3.48. The molecule has 4 aromatic rings. The van der Waals surface area contributed by atoms with Crippen molar-refractivity contribution in [3.8, 4) is 0 Å². The van der Waals surface area contributed by atoms with E-state index in [4.69, 9.17) is 0 Å². The van der Waals surface area contributed by atoms with Crippen molar-refractivity contribution >= 4 is 28.4 Å². The van der Waals surface area contributed by atoms with Crippen molar-refractivity contribution in [2.24, 2.45) is 0 Å². The first-order valence-electron chi connectivity index (χ1n) is 10.5. The number of alkyl halides is 3. The van der Waals surface area contributed by atoms with Crippen LogP contribution in [0.1, 0.15) is 28.5 Å². The van der Waals surface area contributed by atoms with Gasteiger partial charge in [0, 0.05) is 35.7 Å². The Morgan fingerprint density at radius 1 is 1.11 bits per heavy atom. The fraction of sp³-hybridized carbons (Fsp3) is 0.273. The maximum Gasteiger partial charge on any atom is 0.435 e. The number of aromatic nitrogens is 6. The maximum absolute atomic E-state index is 13.3. The number of nitrogens with one attached hydrogen (secondary N) is 1. The summed E-state index contributed by atoms with van der Waals surface area (Å²) in [7, 11) is 0. The highest BCUT2D eigenvalue weighted by atomic mass is 19.4. The van der Waals surface area contributed by atoms with E-state index in [0.717, 1.165) is 16.9 Å². The number of aliphatic hydroxyl groups excluding tert-OH is 2. The van der Waals surface area contributed by atoms with Crippen LogP contribution in [-0.2, 0) is 23.1 Å². The maximum atomic E-state index is 13.3. The Hall–Kier alpha value is -4.17. The third kappa shape index (κ3) is 4.81. The molecule has 0 aliphatic rings. The number of halogens is 3. The van der Waals surface area contributed by atoms with Crippen LogP contribution in [0.3, 0.4) is 0 Å². The zero-order chi connectivity index (χ0) is 26.1. The van der Waals surface area contributed by atoms with E-state index in [2.05, 4.69) is 25.4 Å². The second kappa shape index (κ2) is 9.47. The number of fused-ring (bicyclic) bond motifs is 1. The van der Waals surface area contributed by atoms with Crippen LogP contribution in [-0.4, -0.2) is 64.4 Å². The van der Waals surface area contributed by atoms with Crippen molar-refractivity contribution in [3.05, 3.63) is 66.3 Å². The van der Waals surface area contributed by atoms with E-state index in [9.17, 15) is 33.0 Å². The predicted octanol–water partition coefficient (Wildman–Crippen LogP) is 1.61. The smallest absolute Gasteiger partial charge is 0.394 e. The van der Waals surface area contributed by atoms with Crippen molar-refractivity contribution in [3.63, 3.8) is 0 Å². The number of rotatable bonds is 8. The molecule has 0 fully saturated rings. The number of carbonyl (C=O) groups is 2. The van der Waals surface area contributed by atoms with Gasteiger partial charge in [-0.15, -0.1) is 0 Å². The Balaban J connectivity index is 1.58. The van der Waals surface area contributed by atoms with E-state index in [1.54, 1.807) is 6.92 Å². The molecule has 0 saturated carbocycles. The molecule has 0 aromatic carbocycles. The molecule has 14 heteroatoms. The second-order valence-corrected chi connectivity index (χ2v) is 8.22. The minimum Gasteiger partial charge on any atom is -0.394 e. The molecule has 1 amide bonds. The first kappa shape index (κ1) is 24.9. The Morgan fingerprint density at radius 3 is 2.53 bits per heavy atom. The molecule has 3 N–H and O–H groups in total. The molecule has 4 aromatic heterocycles. The lowest BCUT2D eigenvalue weighted by molar-refractivity contribution is -0.141. The molecule has 0 aliphatic carbocycles. The Kier molecular flexibility index (Phi) is 6.56. The molecule has 0 unspecified atom stereocenters. The third-order valence-electron chi connectivity index (χ3n) is 5.50. The molecular weight excluding hydrogens is 483 g/mol. The highest BCUT2D eigenvalue weighted by molar-refractivity contribution is 6.16. The van der Waals surface area contributed by atoms with Crippen LogP contribution in [0.25, 0.3) is 11.0 Å². The summed E-state index contributed by atoms with van der Waals surface area (Å²) in [6.07, 6.45) is 3.13. The number of hydrogen-bond donors (Lipinski definition) is 3. The van der Waals surface area contributed by atoms with Gasteiger partial charge < -0.3 is 20.1 Å². The van der Waals surface area contributed by atoms with E-state index in [-0.39, 0.29) is 16.8 Å². The number of ketones is 1. The summed E-state index contributed by atoms with van der Waals surface area (Å²) in [6, 6.07) is 2.12. The standard InChI is InChI=1S/C22H20F3N7O4/c1-21(10-33,11-34)32-8-16(15-7-27-12-28-20(15)32)19(36)13-4-14(6-26-5-13)29-18(35)9-31-3-2-17(30-31)22(23,24)25/h2-8,12,33-34H,9-11H2,1H3,(H,29,35). The normalized spacial score (nSPS) is 12.2. The molecule has 0 atom stereocenters. The second-order valence-electron chi connectivity index (χ2n) is 8.22. The molecule has 4 heterocycles. The summed E-state index contributed by atoms with van der Waals surface area (Å²) < 4.78 is 40.4. The van der Waals surface area contributed by atoms with Crippen molar-refractivity contribution < 1.29 is 33.0 Å². The van der Waals surface area contributed by atoms with Gasteiger partial charge in [-0.05, 0) is 19.1 Å². The number of amides is 1. The molecule has 0 radical (unpaired) electrons. The molecule has 36 heavy (non-hydrogen) atoms. The summed E-state index contributed by atoms with van der Waals surface area (Å²) in [5.41, 5.74) is -1.51. The molecule has 188 valence electrons. The number of nitrogens with zero attached hydrogens (tertiary/aromatic N) is 6. The van der Waals surface area contributed by atoms with E-state index < -0.39 is 48.9 Å². The molecule has 0 spiro atoms. The Bertz CT molecular complexity index is 1430. The highest BCUT2D eigenvalue weighted by Crippen LogP contribution is 2.28. The van der Waals surface area contributed by atoms with Gasteiger partial charge in [-0.3, -0.25) is 19.3 Å². The minimum atomic E-state index is -4.62. The van der Waals surface area contributed by atoms with E-state index in [1.807, 2.05) is 0 Å². The number of pyridine rings is 1. The van der Waals surface area contributed by atoms with Crippen molar-refractivity contribution in [1.82, 2.24) is 29.3 Å². The molecule has 0 bridgehead atoms. The van der Waals surface area contributed by atoms with Gasteiger partial charge in [0.15, 0.2) is 11.5 Å². The van der Waals surface area contributed by atoms with Crippen molar-refractivity contribution in [2.45, 2.75) is 25.2 Å². The largest absolute Gasteiger partial charge is 0.435 e. The quantitative estimate of drug-likeness (QED) is 0.307. The Labute approximate surface area is 201 Å². The van der Waals surface area contributed by atoms with Crippen molar-refractivity contribution in [1.29, 1.82) is 0 Å². The van der Waals surface area contributed by atoms with E-state index in [0.29, 0.717) is 11.0 Å². The Morgan fingerprint density at radius 2 is 1.86 bits per heavy atom. The van der Waals surface area contributed by atoms with Crippen LogP contribution >= 0.6 is 0 Å². The van der Waals surface area contributed by atoms with E-state index >= 15 is 0 Å². The molecule has 4 rings (SSSR count). The van der Waals surface area contributed by atoms with Gasteiger partial charge in [0.05, 0.1) is 36.2 Å². The van der Waals surface area contributed by atoms with Crippen LogP contribution in [0.5, 0.6) is 0 Å². The van der Waals surface area contributed by atoms with Crippen LogP contribution in [0.4, 0.5) is 18.9 Å². The number of anilines is 1. The van der Waals surface area contributed by atoms with Gasteiger partial charge in [0.2, 0.25) is 5.91 Å². The summed E-state index contributed by atoms with van der Waals surface area (Å²) in [5.74, 6) is -1.16. The number of carbonyl (C=O) groups excluding carboxylic acids is 2. The fourth-order valence-corrected chi connectivity index (χ4v) is 3.50. The first-order chi connectivity index (χ1) is 17.1. The topological polar surface area (TPSA) is 148 Å². The van der Waals surface area contributed by atoms with Crippen LogP contribution in [0, 0.1) is 0 Å². The molecular formula is C22H20F3N7O4. The molecule has 0 saturated heterocycles. The summed E-state index contributed by atoms with van der Waals surface area (Å²) in [5, 5.41) is 25.8. The first-order valence-corrected chi connectivity index (χ1v) is 10.5. The monoisotopic (exact) mass is 503 g/mol. The summed E-state index contributed by atoms with van der Waals surface area (Å²) in [6.45, 7) is 0.265. The average molecular weight is 503 g/mol. The minimum absolute atomic E-state index is 0.101. The SMILES string of the molecule is CC(CO)(CO)n1cc(C(=O)c2cncc(NC(=O)Cn3ccc(C(F)(F)F)n3)c2)c2cncnc21. The van der Waals surface area contributed by atoms with Crippen LogP contribution < -0.4 is 5.32 Å². The predicted molar refractivity (Wildman–Crippen MR) is 119 cm³/mol. The zero-order valence-electron chi connectivity index (χ0n) is 18.8. The van der Waals surface area contributed by atoms with Gasteiger partial charge in [0.1, 0.15) is 18.5 Å². The van der Waals surface area contributed by atoms with Gasteiger partial charge in [0.25, 0.3) is 0 Å². The van der Waals surface area contributed by atoms with Crippen LogP contribution in [0.2, 0.25) is 0 Å².